The number of halogens is 2. The maximum atomic E-state index is 13.4. The van der Waals surface area contributed by atoms with E-state index in [0.29, 0.717) is 41.8 Å². The van der Waals surface area contributed by atoms with E-state index < -0.39 is 11.7 Å². The summed E-state index contributed by atoms with van der Waals surface area (Å²) in [7, 11) is 0. The van der Waals surface area contributed by atoms with E-state index in [4.69, 9.17) is 4.98 Å². The van der Waals surface area contributed by atoms with E-state index in [9.17, 15) is 18.4 Å². The Morgan fingerprint density at radius 1 is 1.12 bits per heavy atom. The lowest BCUT2D eigenvalue weighted by Gasteiger charge is -2.16. The number of alkyl halides is 2. The summed E-state index contributed by atoms with van der Waals surface area (Å²) >= 11 is 0. The number of ether oxygens (including phenoxy) is 2. The topological polar surface area (TPSA) is 81.3 Å². The van der Waals surface area contributed by atoms with E-state index in [0.717, 1.165) is 11.1 Å². The first-order valence-electron chi connectivity index (χ1n) is 10.8. The molecular weight excluding hydrogens is 430 g/mol. The summed E-state index contributed by atoms with van der Waals surface area (Å²) < 4.78 is 35.7. The van der Waals surface area contributed by atoms with E-state index in [1.54, 1.807) is 12.3 Å². The second-order valence-corrected chi connectivity index (χ2v) is 8.58. The molecule has 0 saturated heterocycles. The van der Waals surface area contributed by atoms with Gasteiger partial charge in [0.05, 0.1) is 11.1 Å². The molecule has 0 atom stereocenters. The van der Waals surface area contributed by atoms with Gasteiger partial charge in [0.2, 0.25) is 0 Å². The van der Waals surface area contributed by atoms with Crippen molar-refractivity contribution in [1.82, 2.24) is 9.97 Å². The third kappa shape index (κ3) is 3.79. The number of hydrogen-bond donors (Lipinski definition) is 1. The average Bonchev–Trinajstić information content (AvgIpc) is 3.52. The van der Waals surface area contributed by atoms with Crippen LogP contribution in [0.5, 0.6) is 11.5 Å². The number of benzene rings is 1. The van der Waals surface area contributed by atoms with Gasteiger partial charge in [-0.05, 0) is 61.6 Å². The van der Waals surface area contributed by atoms with Gasteiger partial charge < -0.3 is 14.5 Å². The summed E-state index contributed by atoms with van der Waals surface area (Å²) in [4.78, 5) is 32.7. The number of carbonyl (C=O) groups is 1. The van der Waals surface area contributed by atoms with Crippen LogP contribution in [-0.4, -0.2) is 22.0 Å². The van der Waals surface area contributed by atoms with Gasteiger partial charge >= 0.3 is 6.29 Å². The molecule has 0 bridgehead atoms. The maximum Gasteiger partial charge on any atom is 0.586 e. The van der Waals surface area contributed by atoms with Crippen molar-refractivity contribution in [1.29, 1.82) is 0 Å². The SMILES string of the molecule is CCc1cc(-c2nc(CC(=O)C3(c4ccc5c(c4)OC(F)(F)O5)CC3)ccc2C)c[nH]c1=O. The van der Waals surface area contributed by atoms with Crippen LogP contribution in [0.15, 0.2) is 47.4 Å². The lowest BCUT2D eigenvalue weighted by atomic mass is 9.88. The van der Waals surface area contributed by atoms with Crippen molar-refractivity contribution < 1.29 is 23.0 Å². The van der Waals surface area contributed by atoms with Crippen molar-refractivity contribution in [3.63, 3.8) is 0 Å². The van der Waals surface area contributed by atoms with Crippen molar-refractivity contribution in [3.05, 3.63) is 75.3 Å². The van der Waals surface area contributed by atoms with Crippen molar-refractivity contribution in [2.24, 2.45) is 0 Å². The van der Waals surface area contributed by atoms with Gasteiger partial charge in [-0.25, -0.2) is 0 Å². The number of rotatable bonds is 6. The van der Waals surface area contributed by atoms with Crippen molar-refractivity contribution in [2.75, 3.05) is 0 Å². The van der Waals surface area contributed by atoms with E-state index in [-0.39, 0.29) is 29.3 Å². The molecule has 0 spiro atoms. The molecule has 1 saturated carbocycles. The molecule has 1 aliphatic carbocycles. The summed E-state index contributed by atoms with van der Waals surface area (Å²) in [6.07, 6.45) is -0.0660. The fourth-order valence-corrected chi connectivity index (χ4v) is 4.32. The second kappa shape index (κ2) is 7.50. The van der Waals surface area contributed by atoms with Crippen molar-refractivity contribution in [2.45, 2.75) is 51.2 Å². The molecule has 1 aliphatic heterocycles. The fraction of sp³-hybridized carbons (Fsp3) is 0.320. The third-order valence-electron chi connectivity index (χ3n) is 6.37. The number of aromatic nitrogens is 2. The van der Waals surface area contributed by atoms with E-state index in [2.05, 4.69) is 14.5 Å². The van der Waals surface area contributed by atoms with Gasteiger partial charge in [-0.3, -0.25) is 14.6 Å². The van der Waals surface area contributed by atoms with Crippen LogP contribution in [0.3, 0.4) is 0 Å². The number of Topliss-reactive ketones (excluding diaryl/α,β-unsaturated/α-hetero) is 1. The molecule has 1 aromatic carbocycles. The standard InChI is InChI=1S/C25H22F2N2O4/c1-3-15-10-16(13-28-23(15)31)22-14(2)4-6-18(29-22)12-21(30)24(8-9-24)17-5-7-19-20(11-17)33-25(26,27)32-19/h4-7,10-11,13H,3,8-9,12H2,1-2H3,(H,28,31). The summed E-state index contributed by atoms with van der Waals surface area (Å²) in [5, 5.41) is 0. The van der Waals surface area contributed by atoms with Gasteiger partial charge in [0, 0.05) is 29.4 Å². The van der Waals surface area contributed by atoms with Gasteiger partial charge in [0.1, 0.15) is 5.78 Å². The first-order valence-corrected chi connectivity index (χ1v) is 10.8. The number of fused-ring (bicyclic) bond motifs is 1. The highest BCUT2D eigenvalue weighted by molar-refractivity contribution is 5.94. The highest BCUT2D eigenvalue weighted by Gasteiger charge is 2.52. The Hall–Kier alpha value is -3.55. The lowest BCUT2D eigenvalue weighted by Crippen LogP contribution is -2.26. The molecular formula is C25H22F2N2O4. The molecule has 1 N–H and O–H groups in total. The van der Waals surface area contributed by atoms with Crippen LogP contribution in [0.1, 0.15) is 42.1 Å². The molecule has 6 nitrogen and oxygen atoms in total. The first-order chi connectivity index (χ1) is 15.7. The lowest BCUT2D eigenvalue weighted by molar-refractivity contribution is -0.286. The van der Waals surface area contributed by atoms with E-state index in [1.165, 1.54) is 12.1 Å². The molecule has 33 heavy (non-hydrogen) atoms. The van der Waals surface area contributed by atoms with Gasteiger partial charge in [-0.2, -0.15) is 0 Å². The number of pyridine rings is 2. The number of aromatic amines is 1. The van der Waals surface area contributed by atoms with Crippen molar-refractivity contribution in [3.8, 4) is 22.8 Å². The number of hydrogen-bond acceptors (Lipinski definition) is 5. The van der Waals surface area contributed by atoms with Crippen molar-refractivity contribution >= 4 is 5.78 Å². The highest BCUT2D eigenvalue weighted by atomic mass is 19.3. The first kappa shape index (κ1) is 21.3. The minimum atomic E-state index is -3.69. The van der Waals surface area contributed by atoms with Gasteiger partial charge in [-0.1, -0.05) is 19.1 Å². The van der Waals surface area contributed by atoms with Gasteiger partial charge in [-0.15, -0.1) is 8.78 Å². The molecule has 170 valence electrons. The number of ketones is 1. The fourth-order valence-electron chi connectivity index (χ4n) is 4.32. The Morgan fingerprint density at radius 2 is 1.88 bits per heavy atom. The van der Waals surface area contributed by atoms with Crippen LogP contribution in [0, 0.1) is 6.92 Å². The Morgan fingerprint density at radius 3 is 2.61 bits per heavy atom. The zero-order chi connectivity index (χ0) is 23.4. The molecule has 1 fully saturated rings. The zero-order valence-electron chi connectivity index (χ0n) is 18.2. The Labute approximate surface area is 188 Å². The maximum absolute atomic E-state index is 13.4. The summed E-state index contributed by atoms with van der Waals surface area (Å²) in [6.45, 7) is 3.84. The number of nitrogens with zero attached hydrogens (tertiary/aromatic N) is 1. The molecule has 5 rings (SSSR count). The van der Waals surface area contributed by atoms with E-state index in [1.807, 2.05) is 32.0 Å². The summed E-state index contributed by atoms with van der Waals surface area (Å²) in [5.74, 6) is -0.118. The van der Waals surface area contributed by atoms with Gasteiger partial charge in [0.25, 0.3) is 5.56 Å². The number of H-pyrrole nitrogens is 1. The number of aryl methyl sites for hydroxylation is 2. The summed E-state index contributed by atoms with van der Waals surface area (Å²) in [5.41, 5.74) is 3.51. The van der Waals surface area contributed by atoms with Crippen LogP contribution in [-0.2, 0) is 23.1 Å². The highest BCUT2D eigenvalue weighted by Crippen LogP contribution is 2.52. The van der Waals surface area contributed by atoms with Gasteiger partial charge in [0.15, 0.2) is 11.5 Å². The normalized spacial score (nSPS) is 17.1. The van der Waals surface area contributed by atoms with E-state index >= 15 is 0 Å². The third-order valence-corrected chi connectivity index (χ3v) is 6.37. The smallest absolute Gasteiger partial charge is 0.395 e. The quantitative estimate of drug-likeness (QED) is 0.597. The van der Waals surface area contributed by atoms with Crippen LogP contribution in [0.2, 0.25) is 0 Å². The largest absolute Gasteiger partial charge is 0.586 e. The van der Waals surface area contributed by atoms with Crippen LogP contribution < -0.4 is 15.0 Å². The number of carbonyl (C=O) groups excluding carboxylic acids is 1. The molecule has 0 radical (unpaired) electrons. The molecule has 3 heterocycles. The zero-order valence-corrected chi connectivity index (χ0v) is 18.2. The average molecular weight is 452 g/mol. The monoisotopic (exact) mass is 452 g/mol. The molecule has 8 heteroatoms. The number of nitrogens with one attached hydrogen (secondary N) is 1. The van der Waals surface area contributed by atoms with Crippen LogP contribution in [0.4, 0.5) is 8.78 Å². The minimum absolute atomic E-state index is 0.0221. The molecule has 0 amide bonds. The second-order valence-electron chi connectivity index (χ2n) is 8.58. The Kier molecular flexibility index (Phi) is 4.84. The minimum Gasteiger partial charge on any atom is -0.395 e. The van der Waals surface area contributed by atoms with Crippen LogP contribution in [0.25, 0.3) is 11.3 Å². The molecule has 0 unspecified atom stereocenters. The molecule has 2 aliphatic rings. The summed E-state index contributed by atoms with van der Waals surface area (Å²) in [6, 6.07) is 10.1. The predicted molar refractivity (Wildman–Crippen MR) is 117 cm³/mol. The predicted octanol–water partition coefficient (Wildman–Crippen LogP) is 4.47. The van der Waals surface area contributed by atoms with Crippen LogP contribution >= 0.6 is 0 Å². The molecule has 3 aromatic rings. The Bertz CT molecular complexity index is 1330. The molecule has 2 aromatic heterocycles. The Balaban J connectivity index is 1.41.